The van der Waals surface area contributed by atoms with Gasteiger partial charge in [0.15, 0.2) is 0 Å². The molecule has 1 fully saturated rings. The first-order chi connectivity index (χ1) is 13.3. The molecule has 28 heavy (non-hydrogen) atoms. The fourth-order valence-corrected chi connectivity index (χ4v) is 3.32. The molecule has 1 aliphatic heterocycles. The van der Waals surface area contributed by atoms with Crippen molar-refractivity contribution in [3.63, 3.8) is 0 Å². The molecule has 7 nitrogen and oxygen atoms in total. The molecule has 8 heteroatoms. The van der Waals surface area contributed by atoms with E-state index in [4.69, 9.17) is 0 Å². The number of carbonyl (C=O) groups is 1. The number of hydrogen-bond acceptors (Lipinski definition) is 5. The van der Waals surface area contributed by atoms with Crippen LogP contribution >= 0.6 is 0 Å². The molecule has 1 amide bonds. The van der Waals surface area contributed by atoms with Gasteiger partial charge < -0.3 is 10.2 Å². The van der Waals surface area contributed by atoms with Crippen LogP contribution in [-0.4, -0.2) is 48.0 Å². The fourth-order valence-electron chi connectivity index (χ4n) is 3.32. The molecule has 2 aromatic rings. The lowest BCUT2D eigenvalue weighted by Crippen LogP contribution is -2.52. The van der Waals surface area contributed by atoms with E-state index >= 15 is 0 Å². The number of aryl methyl sites for hydroxylation is 1. The Bertz CT molecular complexity index is 864. The maximum absolute atomic E-state index is 13.1. The van der Waals surface area contributed by atoms with Crippen molar-refractivity contribution in [1.29, 1.82) is 0 Å². The highest BCUT2D eigenvalue weighted by Gasteiger charge is 2.26. The molecule has 3 rings (SSSR count). The normalized spacial score (nSPS) is 15.9. The number of carbonyl (C=O) groups excluding carboxylic acids is 1. The molecule has 0 radical (unpaired) electrons. The number of anilines is 2. The minimum atomic E-state index is -0.457. The fraction of sp³-hybridized carbons (Fsp3) is 0.350. The Balaban J connectivity index is 1.57. The van der Waals surface area contributed by atoms with Gasteiger partial charge in [0.25, 0.3) is 5.69 Å². The summed E-state index contributed by atoms with van der Waals surface area (Å²) in [6.07, 6.45) is 0. The summed E-state index contributed by atoms with van der Waals surface area (Å²) in [6.45, 7) is 6.51. The molecular weight excluding hydrogens is 363 g/mol. The molecule has 148 valence electrons. The van der Waals surface area contributed by atoms with Gasteiger partial charge in [-0.15, -0.1) is 0 Å². The van der Waals surface area contributed by atoms with Gasteiger partial charge >= 0.3 is 0 Å². The van der Waals surface area contributed by atoms with E-state index in [0.29, 0.717) is 24.3 Å². The molecule has 1 aliphatic rings. The average molecular weight is 386 g/mol. The Kier molecular flexibility index (Phi) is 5.89. The summed E-state index contributed by atoms with van der Waals surface area (Å²) in [5.74, 6) is -0.401. The first kappa shape index (κ1) is 19.8. The number of nitro groups is 1. The number of benzene rings is 2. The van der Waals surface area contributed by atoms with Gasteiger partial charge in [-0.3, -0.25) is 19.8 Å². The van der Waals surface area contributed by atoms with E-state index in [1.54, 1.807) is 25.1 Å². The molecule has 1 N–H and O–H groups in total. The predicted molar refractivity (Wildman–Crippen MR) is 106 cm³/mol. The van der Waals surface area contributed by atoms with Crippen molar-refractivity contribution < 1.29 is 14.1 Å². The number of amides is 1. The maximum atomic E-state index is 13.1. The number of hydrogen-bond donors (Lipinski definition) is 1. The van der Waals surface area contributed by atoms with Crippen molar-refractivity contribution in [2.24, 2.45) is 0 Å². The first-order valence-electron chi connectivity index (χ1n) is 9.15. The standard InChI is InChI=1S/C20H23FN4O3/c1-14-13-18(25(27)28)7-8-19(14)22-20(26)15(2)23-9-11-24(12-10-23)17-5-3-16(21)4-6-17/h3-8,13,15H,9-12H2,1-2H3,(H,22,26)/t15-/m0/s1. The highest BCUT2D eigenvalue weighted by atomic mass is 19.1. The van der Waals surface area contributed by atoms with Crippen LogP contribution in [0.25, 0.3) is 0 Å². The van der Waals surface area contributed by atoms with Gasteiger partial charge in [-0.2, -0.15) is 0 Å². The summed E-state index contributed by atoms with van der Waals surface area (Å²) in [6, 6.07) is 10.5. The highest BCUT2D eigenvalue weighted by molar-refractivity contribution is 5.95. The van der Waals surface area contributed by atoms with E-state index in [9.17, 15) is 19.3 Å². The summed E-state index contributed by atoms with van der Waals surface area (Å²) in [4.78, 5) is 27.3. The van der Waals surface area contributed by atoms with Crippen LogP contribution in [0.3, 0.4) is 0 Å². The number of nitro benzene ring substituents is 1. The Morgan fingerprint density at radius 2 is 1.79 bits per heavy atom. The number of rotatable bonds is 5. The summed E-state index contributed by atoms with van der Waals surface area (Å²) in [7, 11) is 0. The third-order valence-electron chi connectivity index (χ3n) is 5.11. The Morgan fingerprint density at radius 3 is 2.36 bits per heavy atom. The topological polar surface area (TPSA) is 78.7 Å². The quantitative estimate of drug-likeness (QED) is 0.631. The zero-order valence-corrected chi connectivity index (χ0v) is 15.9. The predicted octanol–water partition coefficient (Wildman–Crippen LogP) is 3.19. The molecule has 0 aromatic heterocycles. The van der Waals surface area contributed by atoms with Crippen molar-refractivity contribution in [2.45, 2.75) is 19.9 Å². The molecule has 0 unspecified atom stereocenters. The molecule has 1 saturated heterocycles. The number of non-ortho nitro benzene ring substituents is 1. The summed E-state index contributed by atoms with van der Waals surface area (Å²) >= 11 is 0. The van der Waals surface area contributed by atoms with E-state index in [1.165, 1.54) is 24.3 Å². The van der Waals surface area contributed by atoms with Crippen LogP contribution in [0.15, 0.2) is 42.5 Å². The van der Waals surface area contributed by atoms with Crippen LogP contribution in [0.5, 0.6) is 0 Å². The van der Waals surface area contributed by atoms with Crippen LogP contribution in [0, 0.1) is 22.9 Å². The Labute approximate surface area is 162 Å². The summed E-state index contributed by atoms with van der Waals surface area (Å²) in [5.41, 5.74) is 2.20. The molecule has 1 heterocycles. The van der Waals surface area contributed by atoms with E-state index in [-0.39, 0.29) is 23.5 Å². The lowest BCUT2D eigenvalue weighted by molar-refractivity contribution is -0.384. The van der Waals surface area contributed by atoms with Gasteiger partial charge in [0, 0.05) is 49.7 Å². The van der Waals surface area contributed by atoms with E-state index in [2.05, 4.69) is 15.1 Å². The minimum Gasteiger partial charge on any atom is -0.369 e. The van der Waals surface area contributed by atoms with E-state index < -0.39 is 4.92 Å². The van der Waals surface area contributed by atoms with E-state index in [1.807, 2.05) is 6.92 Å². The molecule has 1 atom stereocenters. The van der Waals surface area contributed by atoms with Crippen molar-refractivity contribution in [1.82, 2.24) is 4.90 Å². The van der Waals surface area contributed by atoms with Gasteiger partial charge in [0.2, 0.25) is 5.91 Å². The number of nitrogens with zero attached hydrogens (tertiary/aromatic N) is 3. The van der Waals surface area contributed by atoms with Crippen LogP contribution in [-0.2, 0) is 4.79 Å². The second-order valence-electron chi connectivity index (χ2n) is 6.92. The molecular formula is C20H23FN4O3. The van der Waals surface area contributed by atoms with Gasteiger partial charge in [-0.05, 0) is 49.7 Å². The minimum absolute atomic E-state index is 0.000428. The van der Waals surface area contributed by atoms with Crippen molar-refractivity contribution in [3.05, 3.63) is 64.0 Å². The number of piperazine rings is 1. The zero-order chi connectivity index (χ0) is 20.3. The summed E-state index contributed by atoms with van der Waals surface area (Å²) < 4.78 is 13.1. The zero-order valence-electron chi connectivity index (χ0n) is 15.9. The Hall–Kier alpha value is -3.00. The second-order valence-corrected chi connectivity index (χ2v) is 6.92. The van der Waals surface area contributed by atoms with E-state index in [0.717, 1.165) is 18.8 Å². The van der Waals surface area contributed by atoms with Crippen LogP contribution < -0.4 is 10.2 Å². The Morgan fingerprint density at radius 1 is 1.14 bits per heavy atom. The lowest BCUT2D eigenvalue weighted by Gasteiger charge is -2.38. The van der Waals surface area contributed by atoms with Crippen molar-refractivity contribution >= 4 is 23.0 Å². The van der Waals surface area contributed by atoms with Crippen molar-refractivity contribution in [3.8, 4) is 0 Å². The first-order valence-corrected chi connectivity index (χ1v) is 9.15. The second kappa shape index (κ2) is 8.35. The third-order valence-corrected chi connectivity index (χ3v) is 5.11. The molecule has 2 aromatic carbocycles. The summed E-state index contributed by atoms with van der Waals surface area (Å²) in [5, 5.41) is 13.7. The maximum Gasteiger partial charge on any atom is 0.269 e. The largest absolute Gasteiger partial charge is 0.369 e. The number of halogens is 1. The molecule has 0 saturated carbocycles. The van der Waals surface area contributed by atoms with Gasteiger partial charge in [-0.25, -0.2) is 4.39 Å². The molecule has 0 spiro atoms. The monoisotopic (exact) mass is 386 g/mol. The molecule has 0 aliphatic carbocycles. The van der Waals surface area contributed by atoms with Gasteiger partial charge in [-0.1, -0.05) is 0 Å². The average Bonchev–Trinajstić information content (AvgIpc) is 2.69. The van der Waals surface area contributed by atoms with Gasteiger partial charge in [0.05, 0.1) is 11.0 Å². The third kappa shape index (κ3) is 4.45. The smallest absolute Gasteiger partial charge is 0.269 e. The van der Waals surface area contributed by atoms with Crippen molar-refractivity contribution in [2.75, 3.05) is 36.4 Å². The number of nitrogens with one attached hydrogen (secondary N) is 1. The molecule has 0 bridgehead atoms. The highest BCUT2D eigenvalue weighted by Crippen LogP contribution is 2.22. The SMILES string of the molecule is Cc1cc([N+](=O)[O-])ccc1NC(=O)[C@H](C)N1CCN(c2ccc(F)cc2)CC1. The van der Waals surface area contributed by atoms with Gasteiger partial charge in [0.1, 0.15) is 5.82 Å². The lowest BCUT2D eigenvalue weighted by atomic mass is 10.1. The van der Waals surface area contributed by atoms with Crippen LogP contribution in [0.2, 0.25) is 0 Å². The van der Waals surface area contributed by atoms with Crippen LogP contribution in [0.1, 0.15) is 12.5 Å². The van der Waals surface area contributed by atoms with Crippen LogP contribution in [0.4, 0.5) is 21.5 Å².